The second kappa shape index (κ2) is 9.73. The van der Waals surface area contributed by atoms with E-state index in [1.807, 2.05) is 0 Å². The number of ether oxygens (including phenoxy) is 2. The van der Waals surface area contributed by atoms with Crippen molar-refractivity contribution < 1.29 is 27.5 Å². The molecule has 0 unspecified atom stereocenters. The van der Waals surface area contributed by atoms with Gasteiger partial charge in [0, 0.05) is 31.4 Å². The Morgan fingerprint density at radius 2 is 1.80 bits per heavy atom. The lowest BCUT2D eigenvalue weighted by Crippen LogP contribution is -2.24. The first-order valence-corrected chi connectivity index (χ1v) is 10.7. The fourth-order valence-corrected chi connectivity index (χ4v) is 3.85. The Morgan fingerprint density at radius 1 is 1.10 bits per heavy atom. The van der Waals surface area contributed by atoms with Crippen molar-refractivity contribution in [1.29, 1.82) is 0 Å². The summed E-state index contributed by atoms with van der Waals surface area (Å²) in [5, 5.41) is 2.72. The molecule has 2 rings (SSSR count). The van der Waals surface area contributed by atoms with Crippen molar-refractivity contribution in [2.45, 2.75) is 25.7 Å². The number of anilines is 1. The van der Waals surface area contributed by atoms with Gasteiger partial charge in [0.25, 0.3) is 5.91 Å². The summed E-state index contributed by atoms with van der Waals surface area (Å²) in [6.07, 6.45) is 0. The monoisotopic (exact) mass is 434 g/mol. The molecule has 1 N–H and O–H groups in total. The first-order valence-electron chi connectivity index (χ1n) is 9.30. The maximum Gasteiger partial charge on any atom is 0.344 e. The fourth-order valence-electron chi connectivity index (χ4n) is 2.63. The van der Waals surface area contributed by atoms with Crippen molar-refractivity contribution >= 4 is 27.6 Å². The number of sulfonamides is 1. The molecular weight excluding hydrogens is 408 g/mol. The summed E-state index contributed by atoms with van der Waals surface area (Å²) < 4.78 is 36.5. The van der Waals surface area contributed by atoms with Crippen LogP contribution in [0, 0.1) is 13.8 Å². The van der Waals surface area contributed by atoms with Crippen LogP contribution in [0.1, 0.15) is 28.4 Å². The number of benzene rings is 2. The molecule has 0 aliphatic carbocycles. The van der Waals surface area contributed by atoms with Crippen molar-refractivity contribution in [3.63, 3.8) is 0 Å². The lowest BCUT2D eigenvalue weighted by atomic mass is 10.1. The average molecular weight is 435 g/mol. The Balaban J connectivity index is 2.24. The average Bonchev–Trinajstić information content (AvgIpc) is 2.68. The molecule has 0 saturated heterocycles. The zero-order chi connectivity index (χ0) is 22.5. The summed E-state index contributed by atoms with van der Waals surface area (Å²) in [6, 6.07) is 9.54. The molecule has 0 saturated carbocycles. The third-order valence-electron chi connectivity index (χ3n) is 4.39. The quantitative estimate of drug-likeness (QED) is 0.641. The normalized spacial score (nSPS) is 11.3. The van der Waals surface area contributed by atoms with Crippen molar-refractivity contribution in [2.24, 2.45) is 0 Å². The Hall–Kier alpha value is -2.91. The topological polar surface area (TPSA) is 102 Å². The first kappa shape index (κ1) is 23.4. The van der Waals surface area contributed by atoms with Crippen molar-refractivity contribution in [3.05, 3.63) is 53.1 Å². The van der Waals surface area contributed by atoms with E-state index >= 15 is 0 Å². The minimum Gasteiger partial charge on any atom is -0.482 e. The zero-order valence-corrected chi connectivity index (χ0v) is 18.5. The highest BCUT2D eigenvalue weighted by molar-refractivity contribution is 7.89. The SMILES string of the molecule is CCOC(=O)COc1cccc(NC(=O)c2cc(C)c(C)c(S(=O)(=O)N(C)C)c2)c1. The number of amides is 1. The van der Waals surface area contributed by atoms with Crippen molar-refractivity contribution in [3.8, 4) is 5.75 Å². The van der Waals surface area contributed by atoms with Gasteiger partial charge in [-0.3, -0.25) is 4.79 Å². The number of esters is 1. The van der Waals surface area contributed by atoms with Gasteiger partial charge in [-0.05, 0) is 56.2 Å². The van der Waals surface area contributed by atoms with E-state index < -0.39 is 21.9 Å². The van der Waals surface area contributed by atoms with Crippen LogP contribution >= 0.6 is 0 Å². The maximum atomic E-state index is 12.8. The van der Waals surface area contributed by atoms with Crippen LogP contribution in [-0.2, 0) is 19.6 Å². The molecule has 2 aromatic rings. The number of aryl methyl sites for hydroxylation is 1. The molecule has 162 valence electrons. The van der Waals surface area contributed by atoms with Crippen molar-refractivity contribution in [2.75, 3.05) is 32.6 Å². The lowest BCUT2D eigenvalue weighted by Gasteiger charge is -2.16. The van der Waals surface area contributed by atoms with Crippen LogP contribution in [0.25, 0.3) is 0 Å². The van der Waals surface area contributed by atoms with Gasteiger partial charge >= 0.3 is 5.97 Å². The highest BCUT2D eigenvalue weighted by Gasteiger charge is 2.23. The minimum absolute atomic E-state index is 0.0872. The van der Waals surface area contributed by atoms with E-state index in [4.69, 9.17) is 9.47 Å². The van der Waals surface area contributed by atoms with Crippen molar-refractivity contribution in [1.82, 2.24) is 4.31 Å². The zero-order valence-electron chi connectivity index (χ0n) is 17.7. The summed E-state index contributed by atoms with van der Waals surface area (Å²) >= 11 is 0. The van der Waals surface area contributed by atoms with E-state index in [1.165, 1.54) is 20.2 Å². The highest BCUT2D eigenvalue weighted by Crippen LogP contribution is 2.24. The maximum absolute atomic E-state index is 12.8. The van der Waals surface area contributed by atoms with Gasteiger partial charge in [-0.2, -0.15) is 0 Å². The van der Waals surface area contributed by atoms with E-state index in [0.29, 0.717) is 22.6 Å². The summed E-state index contributed by atoms with van der Waals surface area (Å²) in [7, 11) is -0.810. The van der Waals surface area contributed by atoms with Gasteiger partial charge in [0.15, 0.2) is 6.61 Å². The molecule has 0 bridgehead atoms. The number of rotatable bonds is 8. The third kappa shape index (κ3) is 5.58. The Kier molecular flexibility index (Phi) is 7.58. The number of hydrogen-bond donors (Lipinski definition) is 1. The molecule has 0 atom stereocenters. The van der Waals surface area contributed by atoms with Crippen LogP contribution in [0.4, 0.5) is 5.69 Å². The summed E-state index contributed by atoms with van der Waals surface area (Å²) in [5.41, 5.74) is 1.94. The fraction of sp³-hybridized carbons (Fsp3) is 0.333. The van der Waals surface area contributed by atoms with Crippen LogP contribution in [0.2, 0.25) is 0 Å². The van der Waals surface area contributed by atoms with Gasteiger partial charge in [0.1, 0.15) is 5.75 Å². The lowest BCUT2D eigenvalue weighted by molar-refractivity contribution is -0.145. The molecule has 2 aromatic carbocycles. The first-order chi connectivity index (χ1) is 14.1. The van der Waals surface area contributed by atoms with E-state index in [0.717, 1.165) is 4.31 Å². The summed E-state index contributed by atoms with van der Waals surface area (Å²) in [4.78, 5) is 24.3. The molecule has 0 heterocycles. The minimum atomic E-state index is -3.70. The smallest absolute Gasteiger partial charge is 0.344 e. The Labute approximate surface area is 176 Å². The highest BCUT2D eigenvalue weighted by atomic mass is 32.2. The number of carbonyl (C=O) groups excluding carboxylic acids is 2. The van der Waals surface area contributed by atoms with Crippen LogP contribution in [0.5, 0.6) is 5.75 Å². The Bertz CT molecular complexity index is 1050. The largest absolute Gasteiger partial charge is 0.482 e. The molecule has 0 radical (unpaired) electrons. The number of carbonyl (C=O) groups is 2. The van der Waals surface area contributed by atoms with Gasteiger partial charge in [-0.1, -0.05) is 6.07 Å². The molecule has 0 fully saturated rings. The second-order valence-electron chi connectivity index (χ2n) is 6.78. The standard InChI is InChI=1S/C21H26N2O6S/c1-6-28-20(24)13-29-18-9-7-8-17(12-18)22-21(25)16-10-14(2)15(3)19(11-16)30(26,27)23(4)5/h7-12H,6,13H2,1-5H3,(H,22,25). The molecule has 9 heteroatoms. The number of nitrogens with one attached hydrogen (secondary N) is 1. The molecule has 0 aliphatic rings. The molecule has 0 aromatic heterocycles. The van der Waals surface area contributed by atoms with Crippen LogP contribution < -0.4 is 10.1 Å². The molecule has 1 amide bonds. The van der Waals surface area contributed by atoms with Crippen LogP contribution in [-0.4, -0.2) is 51.9 Å². The van der Waals surface area contributed by atoms with Crippen LogP contribution in [0.15, 0.2) is 41.3 Å². The molecule has 30 heavy (non-hydrogen) atoms. The van der Waals surface area contributed by atoms with E-state index in [1.54, 1.807) is 51.1 Å². The predicted molar refractivity (Wildman–Crippen MR) is 113 cm³/mol. The molecule has 0 aliphatic heterocycles. The van der Waals surface area contributed by atoms with Gasteiger partial charge in [-0.25, -0.2) is 17.5 Å². The van der Waals surface area contributed by atoms with E-state index in [-0.39, 0.29) is 23.7 Å². The predicted octanol–water partition coefficient (Wildman–Crippen LogP) is 2.75. The number of nitrogens with zero attached hydrogens (tertiary/aromatic N) is 1. The van der Waals surface area contributed by atoms with Crippen LogP contribution in [0.3, 0.4) is 0 Å². The summed E-state index contributed by atoms with van der Waals surface area (Å²) in [5.74, 6) is -0.565. The third-order valence-corrected chi connectivity index (χ3v) is 6.34. The van der Waals surface area contributed by atoms with Gasteiger partial charge in [0.2, 0.25) is 10.0 Å². The van der Waals surface area contributed by atoms with Gasteiger partial charge < -0.3 is 14.8 Å². The molecule has 8 nitrogen and oxygen atoms in total. The second-order valence-corrected chi connectivity index (χ2v) is 8.90. The van der Waals surface area contributed by atoms with Gasteiger partial charge in [0.05, 0.1) is 11.5 Å². The molecule has 0 spiro atoms. The van der Waals surface area contributed by atoms with E-state index in [2.05, 4.69) is 5.32 Å². The summed E-state index contributed by atoms with van der Waals surface area (Å²) in [6.45, 7) is 5.19. The van der Waals surface area contributed by atoms with E-state index in [9.17, 15) is 18.0 Å². The molecular formula is C21H26N2O6S. The number of hydrogen-bond acceptors (Lipinski definition) is 6. The van der Waals surface area contributed by atoms with Gasteiger partial charge in [-0.15, -0.1) is 0 Å². The Morgan fingerprint density at radius 3 is 2.43 bits per heavy atom.